The van der Waals surface area contributed by atoms with Gasteiger partial charge >= 0.3 is 6.18 Å². The Labute approximate surface area is 122 Å². The van der Waals surface area contributed by atoms with Gasteiger partial charge in [0.05, 0.1) is 17.7 Å². The summed E-state index contributed by atoms with van der Waals surface area (Å²) in [7, 11) is 0. The number of aliphatic hydroxyl groups is 1. The number of halogens is 3. The van der Waals surface area contributed by atoms with E-state index >= 15 is 0 Å². The molecule has 2 N–H and O–H groups in total. The summed E-state index contributed by atoms with van der Waals surface area (Å²) >= 11 is 0. The molecule has 1 heterocycles. The van der Waals surface area contributed by atoms with Crippen molar-refractivity contribution >= 4 is 0 Å². The third-order valence-electron chi connectivity index (χ3n) is 4.08. The molecular weight excluding hydrogens is 283 g/mol. The van der Waals surface area contributed by atoms with Crippen molar-refractivity contribution in [1.82, 2.24) is 15.1 Å². The summed E-state index contributed by atoms with van der Waals surface area (Å²) in [6.45, 7) is 3.43. The van der Waals surface area contributed by atoms with E-state index in [1.54, 1.807) is 10.9 Å². The van der Waals surface area contributed by atoms with Crippen molar-refractivity contribution in [3.05, 3.63) is 18.0 Å². The van der Waals surface area contributed by atoms with Gasteiger partial charge in [0.15, 0.2) is 0 Å². The lowest BCUT2D eigenvalue weighted by Crippen LogP contribution is -2.46. The Bertz CT molecular complexity index is 461. The number of rotatable bonds is 5. The van der Waals surface area contributed by atoms with Crippen LogP contribution in [0.4, 0.5) is 13.2 Å². The van der Waals surface area contributed by atoms with E-state index in [0.717, 1.165) is 12.1 Å². The van der Waals surface area contributed by atoms with Crippen molar-refractivity contribution in [2.45, 2.75) is 57.5 Å². The van der Waals surface area contributed by atoms with Crippen molar-refractivity contribution in [2.24, 2.45) is 5.92 Å². The van der Waals surface area contributed by atoms with Gasteiger partial charge in [0, 0.05) is 31.4 Å². The van der Waals surface area contributed by atoms with Gasteiger partial charge in [-0.25, -0.2) is 0 Å². The summed E-state index contributed by atoms with van der Waals surface area (Å²) in [5.41, 5.74) is -0.303. The Morgan fingerprint density at radius 2 is 2.29 bits per heavy atom. The Morgan fingerprint density at radius 3 is 2.90 bits per heavy atom. The maximum Gasteiger partial charge on any atom is 0.391 e. The van der Waals surface area contributed by atoms with E-state index in [9.17, 15) is 18.3 Å². The van der Waals surface area contributed by atoms with Crippen molar-refractivity contribution < 1.29 is 18.3 Å². The standard InChI is InChI=1S/C14H22F3N3O/c1-2-20-9-11(8-19-20)7-18-10-13(21)5-3-4-12(6-13)14(15,16)17/h8-9,12,18,21H,2-7,10H2,1H3/t12-,13-/m0/s1. The molecule has 0 saturated heterocycles. The highest BCUT2D eigenvalue weighted by molar-refractivity contribution is 5.03. The first-order chi connectivity index (χ1) is 9.82. The van der Waals surface area contributed by atoms with E-state index in [1.165, 1.54) is 0 Å². The first-order valence-corrected chi connectivity index (χ1v) is 7.33. The van der Waals surface area contributed by atoms with Crippen molar-refractivity contribution in [3.8, 4) is 0 Å². The van der Waals surface area contributed by atoms with Crippen LogP contribution in [0.1, 0.15) is 38.2 Å². The molecule has 7 heteroatoms. The van der Waals surface area contributed by atoms with Gasteiger partial charge in [0.2, 0.25) is 0 Å². The van der Waals surface area contributed by atoms with Gasteiger partial charge in [0.1, 0.15) is 0 Å². The molecule has 4 nitrogen and oxygen atoms in total. The maximum absolute atomic E-state index is 12.8. The van der Waals surface area contributed by atoms with Crippen LogP contribution in [0.25, 0.3) is 0 Å². The average molecular weight is 305 g/mol. The third-order valence-corrected chi connectivity index (χ3v) is 4.08. The maximum atomic E-state index is 12.8. The molecule has 1 aromatic heterocycles. The van der Waals surface area contributed by atoms with Crippen molar-refractivity contribution in [1.29, 1.82) is 0 Å². The van der Waals surface area contributed by atoms with Crippen LogP contribution in [0.15, 0.2) is 12.4 Å². The predicted molar refractivity (Wildman–Crippen MR) is 72.6 cm³/mol. The third kappa shape index (κ3) is 4.44. The molecule has 0 unspecified atom stereocenters. The Balaban J connectivity index is 1.83. The van der Waals surface area contributed by atoms with Crippen LogP contribution in [0.2, 0.25) is 0 Å². The summed E-state index contributed by atoms with van der Waals surface area (Å²) in [4.78, 5) is 0. The largest absolute Gasteiger partial charge is 0.391 e. The van der Waals surface area contributed by atoms with Crippen LogP contribution in [-0.2, 0) is 13.1 Å². The predicted octanol–water partition coefficient (Wildman–Crippen LogP) is 2.48. The summed E-state index contributed by atoms with van der Waals surface area (Å²) in [6, 6.07) is 0. The molecule has 21 heavy (non-hydrogen) atoms. The van der Waals surface area contributed by atoms with Crippen LogP contribution < -0.4 is 5.32 Å². The zero-order chi connectivity index (χ0) is 15.5. The minimum Gasteiger partial charge on any atom is -0.389 e. The highest BCUT2D eigenvalue weighted by Gasteiger charge is 2.46. The fraction of sp³-hybridized carbons (Fsp3) is 0.786. The highest BCUT2D eigenvalue weighted by Crippen LogP contribution is 2.41. The van der Waals surface area contributed by atoms with Crippen LogP contribution in [0.5, 0.6) is 0 Å². The second-order valence-corrected chi connectivity index (χ2v) is 5.87. The van der Waals surface area contributed by atoms with E-state index in [0.29, 0.717) is 19.4 Å². The topological polar surface area (TPSA) is 50.1 Å². The Hall–Kier alpha value is -1.08. The SMILES string of the molecule is CCn1cc(CNC[C@]2(O)CCC[C@H](C(F)(F)F)C2)cn1. The molecule has 120 valence electrons. The lowest BCUT2D eigenvalue weighted by Gasteiger charge is -2.37. The minimum atomic E-state index is -4.21. The molecule has 1 aromatic rings. The number of nitrogens with zero attached hydrogens (tertiary/aromatic N) is 2. The van der Waals surface area contributed by atoms with Gasteiger partial charge in [0.25, 0.3) is 0 Å². The molecule has 1 saturated carbocycles. The van der Waals surface area contributed by atoms with Crippen LogP contribution >= 0.6 is 0 Å². The molecule has 1 aliphatic carbocycles. The van der Waals surface area contributed by atoms with Crippen molar-refractivity contribution in [2.75, 3.05) is 6.54 Å². The molecule has 2 atom stereocenters. The van der Waals surface area contributed by atoms with E-state index in [4.69, 9.17) is 0 Å². The summed E-state index contributed by atoms with van der Waals surface area (Å²) in [5, 5.41) is 17.5. The van der Waals surface area contributed by atoms with Crippen LogP contribution in [0, 0.1) is 5.92 Å². The second-order valence-electron chi connectivity index (χ2n) is 5.87. The van der Waals surface area contributed by atoms with E-state index in [-0.39, 0.29) is 19.4 Å². The highest BCUT2D eigenvalue weighted by atomic mass is 19.4. The molecular formula is C14H22F3N3O. The average Bonchev–Trinajstić information content (AvgIpc) is 2.85. The molecule has 0 aliphatic heterocycles. The van der Waals surface area contributed by atoms with Crippen LogP contribution in [0.3, 0.4) is 0 Å². The number of nitrogens with one attached hydrogen (secondary N) is 1. The van der Waals surface area contributed by atoms with Gasteiger partial charge in [-0.05, 0) is 32.6 Å². The fourth-order valence-electron chi connectivity index (χ4n) is 2.89. The molecule has 1 fully saturated rings. The molecule has 0 bridgehead atoms. The molecule has 0 radical (unpaired) electrons. The Kier molecular flexibility index (Phi) is 4.93. The van der Waals surface area contributed by atoms with E-state index in [2.05, 4.69) is 10.4 Å². The lowest BCUT2D eigenvalue weighted by atomic mass is 9.77. The smallest absolute Gasteiger partial charge is 0.389 e. The first-order valence-electron chi connectivity index (χ1n) is 7.33. The van der Waals surface area contributed by atoms with Gasteiger partial charge in [-0.1, -0.05) is 0 Å². The molecule has 0 aromatic carbocycles. The fourth-order valence-corrected chi connectivity index (χ4v) is 2.89. The van der Waals surface area contributed by atoms with Gasteiger partial charge in [-0.2, -0.15) is 18.3 Å². The Morgan fingerprint density at radius 1 is 1.52 bits per heavy atom. The summed E-state index contributed by atoms with van der Waals surface area (Å²) in [5.74, 6) is -1.39. The number of hydrogen-bond donors (Lipinski definition) is 2. The molecule has 0 spiro atoms. The molecule has 0 amide bonds. The number of aryl methyl sites for hydroxylation is 1. The molecule has 1 aliphatic rings. The van der Waals surface area contributed by atoms with E-state index < -0.39 is 17.7 Å². The zero-order valence-corrected chi connectivity index (χ0v) is 12.2. The number of aromatic nitrogens is 2. The number of alkyl halides is 3. The lowest BCUT2D eigenvalue weighted by molar-refractivity contribution is -0.200. The monoisotopic (exact) mass is 305 g/mol. The first kappa shape index (κ1) is 16.3. The quantitative estimate of drug-likeness (QED) is 0.878. The van der Waals surface area contributed by atoms with E-state index in [1.807, 2.05) is 13.1 Å². The van der Waals surface area contributed by atoms with Gasteiger partial charge in [-0.15, -0.1) is 0 Å². The minimum absolute atomic E-state index is 0.120. The molecule has 2 rings (SSSR count). The van der Waals surface area contributed by atoms with Gasteiger partial charge in [-0.3, -0.25) is 4.68 Å². The van der Waals surface area contributed by atoms with Gasteiger partial charge < -0.3 is 10.4 Å². The summed E-state index contributed by atoms with van der Waals surface area (Å²) < 4.78 is 40.1. The number of hydrogen-bond acceptors (Lipinski definition) is 3. The van der Waals surface area contributed by atoms with Crippen molar-refractivity contribution in [3.63, 3.8) is 0 Å². The normalized spacial score (nSPS) is 27.0. The second kappa shape index (κ2) is 6.36. The van der Waals surface area contributed by atoms with Crippen LogP contribution in [-0.4, -0.2) is 33.2 Å². The zero-order valence-electron chi connectivity index (χ0n) is 12.2. The summed E-state index contributed by atoms with van der Waals surface area (Å²) in [6.07, 6.45) is 0.136.